The van der Waals surface area contributed by atoms with Crippen LogP contribution in [0.25, 0.3) is 0 Å². The van der Waals surface area contributed by atoms with Gasteiger partial charge in [-0.15, -0.1) is 0 Å². The highest BCUT2D eigenvalue weighted by molar-refractivity contribution is 8.76. The first-order valence-electron chi connectivity index (χ1n) is 7.95. The number of hydrogen-bond donors (Lipinski definition) is 0. The first kappa shape index (κ1) is 18.7. The van der Waals surface area contributed by atoms with Crippen molar-refractivity contribution in [3.8, 4) is 0 Å². The summed E-state index contributed by atoms with van der Waals surface area (Å²) >= 11 is 0. The standard InChI is InChI=1S/C16H34S2/c1-5-7-9-11-13-16(15(3)18-17-4)14-12-10-8-6-2/h15-16H,5-14H2,1-4H3/t15-/m0/s1. The summed E-state index contributed by atoms with van der Waals surface area (Å²) in [6, 6.07) is 0. The van der Waals surface area contributed by atoms with Crippen molar-refractivity contribution in [2.75, 3.05) is 6.26 Å². The van der Waals surface area contributed by atoms with Gasteiger partial charge in [0.05, 0.1) is 0 Å². The smallest absolute Gasteiger partial charge is 0.0151 e. The number of unbranched alkanes of at least 4 members (excludes halogenated alkanes) is 6. The van der Waals surface area contributed by atoms with E-state index in [1.54, 1.807) is 0 Å². The van der Waals surface area contributed by atoms with Crippen LogP contribution >= 0.6 is 21.6 Å². The molecule has 110 valence electrons. The predicted octanol–water partition coefficient (Wildman–Crippen LogP) is 6.94. The highest BCUT2D eigenvalue weighted by atomic mass is 33.1. The van der Waals surface area contributed by atoms with E-state index in [4.69, 9.17) is 0 Å². The SMILES string of the molecule is CCCCCCC(CCCCCC)[C@H](C)SSC. The molecule has 0 fully saturated rings. The van der Waals surface area contributed by atoms with Gasteiger partial charge in [0.2, 0.25) is 0 Å². The Labute approximate surface area is 124 Å². The Kier molecular flexibility index (Phi) is 14.7. The topological polar surface area (TPSA) is 0 Å². The van der Waals surface area contributed by atoms with Crippen LogP contribution in [0.2, 0.25) is 0 Å². The summed E-state index contributed by atoms with van der Waals surface area (Å²) in [6.45, 7) is 7.04. The fraction of sp³-hybridized carbons (Fsp3) is 1.00. The molecule has 0 radical (unpaired) electrons. The molecule has 0 unspecified atom stereocenters. The van der Waals surface area contributed by atoms with Gasteiger partial charge < -0.3 is 0 Å². The zero-order valence-corrected chi connectivity index (χ0v) is 14.7. The van der Waals surface area contributed by atoms with E-state index in [0.717, 1.165) is 11.2 Å². The van der Waals surface area contributed by atoms with Crippen LogP contribution in [0.15, 0.2) is 0 Å². The van der Waals surface area contributed by atoms with Gasteiger partial charge in [0.1, 0.15) is 0 Å². The number of rotatable bonds is 13. The molecule has 0 saturated heterocycles. The molecule has 0 N–H and O–H groups in total. The van der Waals surface area contributed by atoms with Crippen LogP contribution < -0.4 is 0 Å². The molecule has 0 aromatic heterocycles. The summed E-state index contributed by atoms with van der Waals surface area (Å²) in [6.07, 6.45) is 16.5. The van der Waals surface area contributed by atoms with Gasteiger partial charge in [-0.3, -0.25) is 0 Å². The monoisotopic (exact) mass is 290 g/mol. The molecule has 0 nitrogen and oxygen atoms in total. The molecule has 0 aromatic rings. The Morgan fingerprint density at radius 2 is 1.28 bits per heavy atom. The molecule has 0 aliphatic carbocycles. The Bertz CT molecular complexity index is 147. The van der Waals surface area contributed by atoms with Crippen molar-refractivity contribution in [1.82, 2.24) is 0 Å². The molecule has 0 aliphatic rings. The van der Waals surface area contributed by atoms with Crippen LogP contribution in [0.5, 0.6) is 0 Å². The molecule has 0 spiro atoms. The second kappa shape index (κ2) is 14.1. The summed E-state index contributed by atoms with van der Waals surface area (Å²) in [7, 11) is 4.03. The van der Waals surface area contributed by atoms with Gasteiger partial charge in [0, 0.05) is 5.25 Å². The van der Waals surface area contributed by atoms with Gasteiger partial charge in [-0.1, -0.05) is 93.7 Å². The highest BCUT2D eigenvalue weighted by Crippen LogP contribution is 2.34. The fourth-order valence-electron chi connectivity index (χ4n) is 2.51. The zero-order chi connectivity index (χ0) is 13.6. The third-order valence-electron chi connectivity index (χ3n) is 3.77. The molecule has 0 heterocycles. The molecule has 18 heavy (non-hydrogen) atoms. The van der Waals surface area contributed by atoms with Crippen LogP contribution in [0.4, 0.5) is 0 Å². The van der Waals surface area contributed by atoms with Crippen LogP contribution in [0.1, 0.15) is 85.0 Å². The Morgan fingerprint density at radius 1 is 0.778 bits per heavy atom. The third kappa shape index (κ3) is 10.6. The van der Waals surface area contributed by atoms with Gasteiger partial charge in [-0.05, 0) is 25.0 Å². The van der Waals surface area contributed by atoms with Crippen molar-refractivity contribution in [2.24, 2.45) is 5.92 Å². The molecule has 2 heteroatoms. The van der Waals surface area contributed by atoms with Crippen molar-refractivity contribution in [3.05, 3.63) is 0 Å². The average Bonchev–Trinajstić information content (AvgIpc) is 2.37. The quantitative estimate of drug-likeness (QED) is 0.266. The van der Waals surface area contributed by atoms with Crippen molar-refractivity contribution < 1.29 is 0 Å². The summed E-state index contributed by atoms with van der Waals surface area (Å²) in [5.74, 6) is 0.955. The summed E-state index contributed by atoms with van der Waals surface area (Å²) < 4.78 is 0. The van der Waals surface area contributed by atoms with Crippen molar-refractivity contribution >= 4 is 21.6 Å². The Morgan fingerprint density at radius 3 is 1.67 bits per heavy atom. The summed E-state index contributed by atoms with van der Waals surface area (Å²) in [5.41, 5.74) is 0. The average molecular weight is 291 g/mol. The van der Waals surface area contributed by atoms with Crippen LogP contribution in [-0.4, -0.2) is 11.5 Å². The molecule has 0 amide bonds. The number of hydrogen-bond acceptors (Lipinski definition) is 2. The summed E-state index contributed by atoms with van der Waals surface area (Å²) in [5, 5.41) is 0.836. The zero-order valence-electron chi connectivity index (χ0n) is 13.0. The second-order valence-corrected chi connectivity index (χ2v) is 8.27. The van der Waals surface area contributed by atoms with Gasteiger partial charge in [-0.25, -0.2) is 0 Å². The van der Waals surface area contributed by atoms with Crippen LogP contribution in [-0.2, 0) is 0 Å². The van der Waals surface area contributed by atoms with Crippen LogP contribution in [0.3, 0.4) is 0 Å². The van der Waals surface area contributed by atoms with E-state index >= 15 is 0 Å². The van der Waals surface area contributed by atoms with E-state index in [2.05, 4.69) is 37.8 Å². The minimum atomic E-state index is 0.836. The maximum absolute atomic E-state index is 2.44. The van der Waals surface area contributed by atoms with E-state index in [1.807, 2.05) is 10.8 Å². The van der Waals surface area contributed by atoms with E-state index in [0.29, 0.717) is 0 Å². The molecule has 0 bridgehead atoms. The van der Waals surface area contributed by atoms with Gasteiger partial charge in [-0.2, -0.15) is 0 Å². The van der Waals surface area contributed by atoms with E-state index in [-0.39, 0.29) is 0 Å². The van der Waals surface area contributed by atoms with E-state index in [1.165, 1.54) is 64.2 Å². The minimum absolute atomic E-state index is 0.836. The lowest BCUT2D eigenvalue weighted by Crippen LogP contribution is -2.13. The third-order valence-corrected chi connectivity index (χ3v) is 6.14. The second-order valence-electron chi connectivity index (χ2n) is 5.43. The van der Waals surface area contributed by atoms with Crippen molar-refractivity contribution in [2.45, 2.75) is 90.2 Å². The lowest BCUT2D eigenvalue weighted by molar-refractivity contribution is 0.404. The lowest BCUT2D eigenvalue weighted by atomic mass is 9.92. The lowest BCUT2D eigenvalue weighted by Gasteiger charge is -2.23. The van der Waals surface area contributed by atoms with E-state index < -0.39 is 0 Å². The van der Waals surface area contributed by atoms with Gasteiger partial charge >= 0.3 is 0 Å². The van der Waals surface area contributed by atoms with Crippen LogP contribution in [0, 0.1) is 5.92 Å². The molecule has 0 rings (SSSR count). The van der Waals surface area contributed by atoms with Gasteiger partial charge in [0.15, 0.2) is 0 Å². The molecule has 1 atom stereocenters. The highest BCUT2D eigenvalue weighted by Gasteiger charge is 2.16. The van der Waals surface area contributed by atoms with E-state index in [9.17, 15) is 0 Å². The van der Waals surface area contributed by atoms with Gasteiger partial charge in [0.25, 0.3) is 0 Å². The minimum Gasteiger partial charge on any atom is -0.0973 e. The van der Waals surface area contributed by atoms with Crippen molar-refractivity contribution in [1.29, 1.82) is 0 Å². The first-order valence-corrected chi connectivity index (χ1v) is 10.6. The largest absolute Gasteiger partial charge is 0.0973 e. The Hall–Kier alpha value is 0.700. The molecule has 0 aromatic carbocycles. The normalized spacial score (nSPS) is 13.2. The maximum atomic E-state index is 2.44. The fourth-order valence-corrected chi connectivity index (χ4v) is 4.63. The molecule has 0 aliphatic heterocycles. The maximum Gasteiger partial charge on any atom is 0.0151 e. The predicted molar refractivity (Wildman–Crippen MR) is 91.6 cm³/mol. The summed E-state index contributed by atoms with van der Waals surface area (Å²) in [4.78, 5) is 0. The van der Waals surface area contributed by atoms with Crippen molar-refractivity contribution in [3.63, 3.8) is 0 Å². The molecular weight excluding hydrogens is 256 g/mol. The Balaban J connectivity index is 3.84. The molecule has 0 saturated carbocycles. The molecular formula is C16H34S2. The first-order chi connectivity index (χ1) is 8.76.